The minimum absolute atomic E-state index is 0.223. The molecule has 1 heterocycles. The minimum atomic E-state index is -0.223. The van der Waals surface area contributed by atoms with Crippen molar-refractivity contribution in [2.75, 3.05) is 6.54 Å². The summed E-state index contributed by atoms with van der Waals surface area (Å²) in [5.74, 6) is -0.223. The van der Waals surface area contributed by atoms with Gasteiger partial charge in [0.1, 0.15) is 5.82 Å². The van der Waals surface area contributed by atoms with E-state index in [4.69, 9.17) is 0 Å². The SMILES string of the molecule is CCCNCc1cnn(-c2ccc(F)cc2)c1CC. The summed E-state index contributed by atoms with van der Waals surface area (Å²) < 4.78 is 14.8. The maximum absolute atomic E-state index is 13.0. The number of rotatable bonds is 6. The third kappa shape index (κ3) is 3.20. The van der Waals surface area contributed by atoms with Crippen LogP contribution < -0.4 is 5.32 Å². The van der Waals surface area contributed by atoms with Crippen LogP contribution in [0.1, 0.15) is 31.5 Å². The van der Waals surface area contributed by atoms with Gasteiger partial charge in [-0.2, -0.15) is 5.10 Å². The van der Waals surface area contributed by atoms with Crippen LogP contribution in [-0.4, -0.2) is 16.3 Å². The number of aromatic nitrogens is 2. The second kappa shape index (κ2) is 6.48. The lowest BCUT2D eigenvalue weighted by Gasteiger charge is -2.08. The highest BCUT2D eigenvalue weighted by Gasteiger charge is 2.10. The van der Waals surface area contributed by atoms with Crippen LogP contribution in [0.3, 0.4) is 0 Å². The van der Waals surface area contributed by atoms with Gasteiger partial charge in [0.25, 0.3) is 0 Å². The molecule has 2 aromatic rings. The van der Waals surface area contributed by atoms with Gasteiger partial charge in [0.2, 0.25) is 0 Å². The molecule has 0 fully saturated rings. The summed E-state index contributed by atoms with van der Waals surface area (Å²) in [5.41, 5.74) is 3.29. The molecular weight excluding hydrogens is 241 g/mol. The number of halogens is 1. The molecule has 0 amide bonds. The second-order valence-electron chi connectivity index (χ2n) is 4.54. The standard InChI is InChI=1S/C15H20FN3/c1-3-9-17-10-12-11-18-19(15(12)4-2)14-7-5-13(16)6-8-14/h5-8,11,17H,3-4,9-10H2,1-2H3. The molecule has 0 radical (unpaired) electrons. The summed E-state index contributed by atoms with van der Waals surface area (Å²) in [7, 11) is 0. The molecule has 2 rings (SSSR count). The Hall–Kier alpha value is -1.68. The first kappa shape index (κ1) is 13.7. The molecule has 4 heteroatoms. The van der Waals surface area contributed by atoms with Crippen molar-refractivity contribution in [3.8, 4) is 5.69 Å². The van der Waals surface area contributed by atoms with E-state index in [1.807, 2.05) is 10.9 Å². The van der Waals surface area contributed by atoms with Crippen molar-refractivity contribution >= 4 is 0 Å². The van der Waals surface area contributed by atoms with Gasteiger partial charge in [0.15, 0.2) is 0 Å². The smallest absolute Gasteiger partial charge is 0.123 e. The third-order valence-electron chi connectivity index (χ3n) is 3.10. The number of hydrogen-bond acceptors (Lipinski definition) is 2. The highest BCUT2D eigenvalue weighted by molar-refractivity contribution is 5.35. The van der Waals surface area contributed by atoms with Crippen LogP contribution in [0.25, 0.3) is 5.69 Å². The van der Waals surface area contributed by atoms with Crippen LogP contribution in [0.2, 0.25) is 0 Å². The Morgan fingerprint density at radius 3 is 2.58 bits per heavy atom. The van der Waals surface area contributed by atoms with Crippen molar-refractivity contribution in [3.05, 3.63) is 47.5 Å². The Labute approximate surface area is 113 Å². The van der Waals surface area contributed by atoms with E-state index in [9.17, 15) is 4.39 Å². The van der Waals surface area contributed by atoms with Gasteiger partial charge in [-0.25, -0.2) is 9.07 Å². The lowest BCUT2D eigenvalue weighted by molar-refractivity contribution is 0.626. The van der Waals surface area contributed by atoms with E-state index in [0.29, 0.717) is 0 Å². The molecule has 0 unspecified atom stereocenters. The number of hydrogen-bond donors (Lipinski definition) is 1. The van der Waals surface area contributed by atoms with Crippen LogP contribution in [0.4, 0.5) is 4.39 Å². The van der Waals surface area contributed by atoms with Gasteiger partial charge in [0.05, 0.1) is 11.9 Å². The van der Waals surface area contributed by atoms with Gasteiger partial charge < -0.3 is 5.32 Å². The Morgan fingerprint density at radius 1 is 1.21 bits per heavy atom. The van der Waals surface area contributed by atoms with Crippen LogP contribution in [0, 0.1) is 5.82 Å². The lowest BCUT2D eigenvalue weighted by atomic mass is 10.2. The first-order valence-electron chi connectivity index (χ1n) is 6.78. The second-order valence-corrected chi connectivity index (χ2v) is 4.54. The van der Waals surface area contributed by atoms with Crippen molar-refractivity contribution in [1.82, 2.24) is 15.1 Å². The Morgan fingerprint density at radius 2 is 1.95 bits per heavy atom. The molecule has 0 aliphatic rings. The first-order valence-corrected chi connectivity index (χ1v) is 6.78. The molecule has 0 saturated heterocycles. The molecular formula is C15H20FN3. The largest absolute Gasteiger partial charge is 0.313 e. The van der Waals surface area contributed by atoms with Gasteiger partial charge in [-0.05, 0) is 43.7 Å². The summed E-state index contributed by atoms with van der Waals surface area (Å²) in [6, 6.07) is 6.44. The van der Waals surface area contributed by atoms with Crippen LogP contribution in [0.15, 0.2) is 30.5 Å². The fourth-order valence-electron chi connectivity index (χ4n) is 2.14. The Bertz CT molecular complexity index is 517. The van der Waals surface area contributed by atoms with Crippen LogP contribution in [-0.2, 0) is 13.0 Å². The van der Waals surface area contributed by atoms with Crippen molar-refractivity contribution in [3.63, 3.8) is 0 Å². The molecule has 102 valence electrons. The Balaban J connectivity index is 2.23. The number of nitrogens with one attached hydrogen (secondary N) is 1. The van der Waals surface area contributed by atoms with Crippen molar-refractivity contribution in [2.24, 2.45) is 0 Å². The molecule has 0 atom stereocenters. The highest BCUT2D eigenvalue weighted by atomic mass is 19.1. The molecule has 19 heavy (non-hydrogen) atoms. The molecule has 1 N–H and O–H groups in total. The van der Waals surface area contributed by atoms with Gasteiger partial charge >= 0.3 is 0 Å². The van der Waals surface area contributed by atoms with E-state index in [-0.39, 0.29) is 5.82 Å². The maximum Gasteiger partial charge on any atom is 0.123 e. The zero-order valence-corrected chi connectivity index (χ0v) is 11.5. The van der Waals surface area contributed by atoms with E-state index >= 15 is 0 Å². The van der Waals surface area contributed by atoms with Crippen molar-refractivity contribution in [1.29, 1.82) is 0 Å². The molecule has 0 bridgehead atoms. The highest BCUT2D eigenvalue weighted by Crippen LogP contribution is 2.16. The fourth-order valence-corrected chi connectivity index (χ4v) is 2.14. The predicted molar refractivity (Wildman–Crippen MR) is 74.9 cm³/mol. The minimum Gasteiger partial charge on any atom is -0.313 e. The summed E-state index contributed by atoms with van der Waals surface area (Å²) >= 11 is 0. The molecule has 3 nitrogen and oxygen atoms in total. The summed E-state index contributed by atoms with van der Waals surface area (Å²) in [6.07, 6.45) is 3.92. The van der Waals surface area contributed by atoms with E-state index in [1.165, 1.54) is 23.4 Å². The van der Waals surface area contributed by atoms with Gasteiger partial charge in [0, 0.05) is 17.8 Å². The molecule has 0 saturated carbocycles. The predicted octanol–water partition coefficient (Wildman–Crippen LogP) is 3.07. The lowest BCUT2D eigenvalue weighted by Crippen LogP contribution is -2.15. The van der Waals surface area contributed by atoms with E-state index in [1.54, 1.807) is 12.1 Å². The first-order chi connectivity index (χ1) is 9.26. The summed E-state index contributed by atoms with van der Waals surface area (Å²) in [4.78, 5) is 0. The third-order valence-corrected chi connectivity index (χ3v) is 3.10. The molecule has 0 aliphatic heterocycles. The summed E-state index contributed by atoms with van der Waals surface area (Å²) in [5, 5.41) is 7.81. The topological polar surface area (TPSA) is 29.9 Å². The molecule has 1 aromatic carbocycles. The average molecular weight is 261 g/mol. The quantitative estimate of drug-likeness (QED) is 0.810. The van der Waals surface area contributed by atoms with Crippen LogP contribution in [0.5, 0.6) is 0 Å². The number of benzene rings is 1. The van der Waals surface area contributed by atoms with E-state index in [2.05, 4.69) is 24.3 Å². The van der Waals surface area contributed by atoms with Crippen molar-refractivity contribution in [2.45, 2.75) is 33.2 Å². The zero-order chi connectivity index (χ0) is 13.7. The Kier molecular flexibility index (Phi) is 4.68. The van der Waals surface area contributed by atoms with E-state index < -0.39 is 0 Å². The van der Waals surface area contributed by atoms with Gasteiger partial charge in [-0.3, -0.25) is 0 Å². The maximum atomic E-state index is 13.0. The van der Waals surface area contributed by atoms with Gasteiger partial charge in [-0.15, -0.1) is 0 Å². The summed E-state index contributed by atoms with van der Waals surface area (Å²) in [6.45, 7) is 6.10. The van der Waals surface area contributed by atoms with Crippen LogP contribution >= 0.6 is 0 Å². The molecule has 0 aliphatic carbocycles. The van der Waals surface area contributed by atoms with Crippen molar-refractivity contribution < 1.29 is 4.39 Å². The fraction of sp³-hybridized carbons (Fsp3) is 0.400. The number of nitrogens with zero attached hydrogens (tertiary/aromatic N) is 2. The molecule has 0 spiro atoms. The normalized spacial score (nSPS) is 10.9. The zero-order valence-electron chi connectivity index (χ0n) is 11.5. The van der Waals surface area contributed by atoms with Gasteiger partial charge in [-0.1, -0.05) is 13.8 Å². The molecule has 1 aromatic heterocycles. The monoisotopic (exact) mass is 261 g/mol. The van der Waals surface area contributed by atoms with E-state index in [0.717, 1.165) is 31.6 Å². The average Bonchev–Trinajstić information content (AvgIpc) is 2.83.